The molecular formula is C16H18BrNO2. The molecule has 0 radical (unpaired) electrons. The van der Waals surface area contributed by atoms with Crippen LogP contribution in [0.15, 0.2) is 22.8 Å². The number of hydrogen-bond donors (Lipinski definition) is 1. The second-order valence-electron chi connectivity index (χ2n) is 6.26. The van der Waals surface area contributed by atoms with Gasteiger partial charge in [-0.3, -0.25) is 4.79 Å². The van der Waals surface area contributed by atoms with Gasteiger partial charge in [0.25, 0.3) is 0 Å². The smallest absolute Gasteiger partial charge is 0.304 e. The molecule has 2 heterocycles. The standard InChI is InChI=1S/C16H18BrNO2/c1-16(2,8-14(19)20)13-9-18-5-3-4-10-6-11(17)7-12(13)15(10)18/h6-7,9H,3-5,8H2,1-2H3,(H,19,20). The van der Waals surface area contributed by atoms with E-state index in [1.807, 2.05) is 13.8 Å². The number of carboxylic acid groups (broad SMARTS) is 1. The summed E-state index contributed by atoms with van der Waals surface area (Å²) < 4.78 is 3.37. The fourth-order valence-corrected chi connectivity index (χ4v) is 3.81. The van der Waals surface area contributed by atoms with Crippen molar-refractivity contribution in [3.05, 3.63) is 33.9 Å². The third-order valence-corrected chi connectivity index (χ3v) is 4.64. The molecule has 106 valence electrons. The van der Waals surface area contributed by atoms with E-state index in [1.54, 1.807) is 0 Å². The highest BCUT2D eigenvalue weighted by atomic mass is 79.9. The first-order valence-corrected chi connectivity index (χ1v) is 7.71. The van der Waals surface area contributed by atoms with Gasteiger partial charge in [0.05, 0.1) is 11.9 Å². The Hall–Kier alpha value is -1.29. The summed E-state index contributed by atoms with van der Waals surface area (Å²) in [6, 6.07) is 4.31. The second kappa shape index (κ2) is 4.62. The van der Waals surface area contributed by atoms with Crippen molar-refractivity contribution >= 4 is 32.8 Å². The van der Waals surface area contributed by atoms with E-state index in [1.165, 1.54) is 16.5 Å². The van der Waals surface area contributed by atoms with Gasteiger partial charge in [0.1, 0.15) is 0 Å². The van der Waals surface area contributed by atoms with Crippen molar-refractivity contribution in [2.45, 2.75) is 45.1 Å². The number of benzene rings is 1. The summed E-state index contributed by atoms with van der Waals surface area (Å²) >= 11 is 3.58. The van der Waals surface area contributed by atoms with Crippen LogP contribution < -0.4 is 0 Å². The largest absolute Gasteiger partial charge is 0.481 e. The zero-order chi connectivity index (χ0) is 14.5. The number of halogens is 1. The van der Waals surface area contributed by atoms with E-state index in [4.69, 9.17) is 5.11 Å². The Bertz CT molecular complexity index is 700. The van der Waals surface area contributed by atoms with E-state index in [2.05, 4.69) is 38.8 Å². The number of hydrogen-bond acceptors (Lipinski definition) is 1. The molecule has 0 aliphatic carbocycles. The predicted molar refractivity (Wildman–Crippen MR) is 83.2 cm³/mol. The highest BCUT2D eigenvalue weighted by molar-refractivity contribution is 9.10. The molecule has 0 spiro atoms. The van der Waals surface area contributed by atoms with Crippen LogP contribution in [0.5, 0.6) is 0 Å². The van der Waals surface area contributed by atoms with Crippen LogP contribution >= 0.6 is 15.9 Å². The van der Waals surface area contributed by atoms with Gasteiger partial charge in [0, 0.05) is 28.0 Å². The number of aliphatic carboxylic acids is 1. The molecule has 0 unspecified atom stereocenters. The molecule has 1 aliphatic heterocycles. The lowest BCUT2D eigenvalue weighted by molar-refractivity contribution is -0.138. The lowest BCUT2D eigenvalue weighted by Gasteiger charge is -2.22. The molecule has 1 aromatic carbocycles. The third-order valence-electron chi connectivity index (χ3n) is 4.18. The van der Waals surface area contributed by atoms with Crippen molar-refractivity contribution < 1.29 is 9.90 Å². The van der Waals surface area contributed by atoms with Crippen LogP contribution in [0.3, 0.4) is 0 Å². The van der Waals surface area contributed by atoms with Crippen LogP contribution in [-0.4, -0.2) is 15.6 Å². The molecule has 0 atom stereocenters. The molecule has 0 saturated heterocycles. The van der Waals surface area contributed by atoms with E-state index in [0.29, 0.717) is 0 Å². The topological polar surface area (TPSA) is 42.2 Å². The average molecular weight is 336 g/mol. The molecule has 20 heavy (non-hydrogen) atoms. The van der Waals surface area contributed by atoms with Crippen LogP contribution in [-0.2, 0) is 23.2 Å². The van der Waals surface area contributed by atoms with Gasteiger partial charge in [-0.25, -0.2) is 0 Å². The number of aromatic nitrogens is 1. The number of aryl methyl sites for hydroxylation is 2. The van der Waals surface area contributed by atoms with Gasteiger partial charge in [-0.1, -0.05) is 29.8 Å². The molecule has 3 rings (SSSR count). The van der Waals surface area contributed by atoms with Crippen LogP contribution in [0, 0.1) is 0 Å². The van der Waals surface area contributed by atoms with Gasteiger partial charge >= 0.3 is 5.97 Å². The SMILES string of the molecule is CC(C)(CC(=O)O)c1cn2c3c(cc(Br)cc13)CCC2. The summed E-state index contributed by atoms with van der Waals surface area (Å²) in [6.07, 6.45) is 4.54. The Morgan fingerprint density at radius 2 is 2.20 bits per heavy atom. The van der Waals surface area contributed by atoms with Crippen molar-refractivity contribution in [2.75, 3.05) is 0 Å². The van der Waals surface area contributed by atoms with E-state index in [-0.39, 0.29) is 11.8 Å². The zero-order valence-corrected chi connectivity index (χ0v) is 13.3. The Morgan fingerprint density at radius 1 is 1.45 bits per heavy atom. The predicted octanol–water partition coefficient (Wildman–Crippen LogP) is 4.10. The molecule has 0 fully saturated rings. The highest BCUT2D eigenvalue weighted by Crippen LogP contribution is 2.39. The van der Waals surface area contributed by atoms with Gasteiger partial charge in [0.15, 0.2) is 0 Å². The van der Waals surface area contributed by atoms with Crippen LogP contribution in [0.2, 0.25) is 0 Å². The van der Waals surface area contributed by atoms with Crippen LogP contribution in [0.4, 0.5) is 0 Å². The quantitative estimate of drug-likeness (QED) is 0.917. The monoisotopic (exact) mass is 335 g/mol. The lowest BCUT2D eigenvalue weighted by Crippen LogP contribution is -2.21. The third kappa shape index (κ3) is 2.16. The van der Waals surface area contributed by atoms with Gasteiger partial charge in [-0.15, -0.1) is 0 Å². The maximum absolute atomic E-state index is 11.1. The maximum atomic E-state index is 11.1. The first-order chi connectivity index (χ1) is 9.38. The van der Waals surface area contributed by atoms with Gasteiger partial charge in [-0.05, 0) is 36.1 Å². The normalized spacial score (nSPS) is 14.8. The Labute approximate surface area is 126 Å². The maximum Gasteiger partial charge on any atom is 0.304 e. The number of carboxylic acids is 1. The molecule has 4 heteroatoms. The van der Waals surface area contributed by atoms with Gasteiger partial charge in [-0.2, -0.15) is 0 Å². The molecule has 2 aromatic rings. The second-order valence-corrected chi connectivity index (χ2v) is 7.17. The van der Waals surface area contributed by atoms with E-state index in [9.17, 15) is 4.79 Å². The van der Waals surface area contributed by atoms with Gasteiger partial charge < -0.3 is 9.67 Å². The first-order valence-electron chi connectivity index (χ1n) is 6.92. The van der Waals surface area contributed by atoms with Crippen molar-refractivity contribution in [1.29, 1.82) is 0 Å². The fraction of sp³-hybridized carbons (Fsp3) is 0.438. The number of rotatable bonds is 3. The van der Waals surface area contributed by atoms with Crippen molar-refractivity contribution in [2.24, 2.45) is 0 Å². The molecule has 1 aromatic heterocycles. The molecule has 0 saturated carbocycles. The van der Waals surface area contributed by atoms with E-state index in [0.717, 1.165) is 29.4 Å². The van der Waals surface area contributed by atoms with Crippen molar-refractivity contribution in [3.63, 3.8) is 0 Å². The Balaban J connectivity index is 2.25. The summed E-state index contributed by atoms with van der Waals surface area (Å²) in [6.45, 7) is 5.05. The average Bonchev–Trinajstić information content (AvgIpc) is 2.68. The molecule has 0 amide bonds. The van der Waals surface area contributed by atoms with E-state index >= 15 is 0 Å². The minimum atomic E-state index is -0.749. The summed E-state index contributed by atoms with van der Waals surface area (Å²) in [5.41, 5.74) is 3.42. The summed E-state index contributed by atoms with van der Waals surface area (Å²) in [5.74, 6) is -0.749. The molecular weight excluding hydrogens is 318 g/mol. The van der Waals surface area contributed by atoms with Crippen molar-refractivity contribution in [1.82, 2.24) is 4.57 Å². The minimum Gasteiger partial charge on any atom is -0.481 e. The van der Waals surface area contributed by atoms with Crippen LogP contribution in [0.25, 0.3) is 10.9 Å². The van der Waals surface area contributed by atoms with Crippen LogP contribution in [0.1, 0.15) is 37.8 Å². The molecule has 3 nitrogen and oxygen atoms in total. The molecule has 1 N–H and O–H groups in total. The molecule has 0 bridgehead atoms. The minimum absolute atomic E-state index is 0.147. The van der Waals surface area contributed by atoms with Gasteiger partial charge in [0.2, 0.25) is 0 Å². The number of nitrogens with zero attached hydrogens (tertiary/aromatic N) is 1. The number of carbonyl (C=O) groups is 1. The van der Waals surface area contributed by atoms with Crippen molar-refractivity contribution in [3.8, 4) is 0 Å². The summed E-state index contributed by atoms with van der Waals surface area (Å²) in [5, 5.41) is 10.3. The van der Waals surface area contributed by atoms with E-state index < -0.39 is 5.97 Å². The molecule has 1 aliphatic rings. The summed E-state index contributed by atoms with van der Waals surface area (Å²) in [4.78, 5) is 11.1. The summed E-state index contributed by atoms with van der Waals surface area (Å²) in [7, 11) is 0. The fourth-order valence-electron chi connectivity index (χ4n) is 3.31. The Morgan fingerprint density at radius 3 is 2.90 bits per heavy atom. The zero-order valence-electron chi connectivity index (χ0n) is 11.7. The Kier molecular flexibility index (Phi) is 3.16. The highest BCUT2D eigenvalue weighted by Gasteiger charge is 2.29. The first kappa shape index (κ1) is 13.7. The lowest BCUT2D eigenvalue weighted by atomic mass is 9.81.